The van der Waals surface area contributed by atoms with Crippen LogP contribution < -0.4 is 16.0 Å². The molecule has 5 nitrogen and oxygen atoms in total. The van der Waals surface area contributed by atoms with E-state index in [1.54, 1.807) is 0 Å². The van der Waals surface area contributed by atoms with Crippen LogP contribution >= 0.6 is 0 Å². The summed E-state index contributed by atoms with van der Waals surface area (Å²) in [6.07, 6.45) is -4.47. The number of nitrogens with one attached hydrogen (secondary N) is 1. The number of anilines is 1. The van der Waals surface area contributed by atoms with Gasteiger partial charge in [-0.05, 0) is 19.2 Å². The van der Waals surface area contributed by atoms with Crippen LogP contribution in [0, 0.1) is 0 Å². The molecule has 0 aliphatic carbocycles. The largest absolute Gasteiger partial charge is 0.476 e. The SMILES string of the molecule is CCN(CC)CCOc1cc(C(F)(F)F)cc(NN)n1. The second kappa shape index (κ2) is 7.30. The van der Waals surface area contributed by atoms with E-state index in [0.717, 1.165) is 25.2 Å². The van der Waals surface area contributed by atoms with Crippen LogP contribution in [0.2, 0.25) is 0 Å². The van der Waals surface area contributed by atoms with Crippen molar-refractivity contribution in [3.05, 3.63) is 17.7 Å². The van der Waals surface area contributed by atoms with Crippen molar-refractivity contribution in [2.24, 2.45) is 5.84 Å². The number of pyridine rings is 1. The minimum Gasteiger partial charge on any atom is -0.476 e. The van der Waals surface area contributed by atoms with Gasteiger partial charge in [0.1, 0.15) is 12.4 Å². The van der Waals surface area contributed by atoms with Gasteiger partial charge in [-0.15, -0.1) is 0 Å². The Morgan fingerprint density at radius 3 is 2.45 bits per heavy atom. The van der Waals surface area contributed by atoms with Crippen LogP contribution in [0.3, 0.4) is 0 Å². The monoisotopic (exact) mass is 292 g/mol. The van der Waals surface area contributed by atoms with Gasteiger partial charge in [-0.25, -0.2) is 5.84 Å². The summed E-state index contributed by atoms with van der Waals surface area (Å²) in [6, 6.07) is 1.69. The minimum atomic E-state index is -4.47. The van der Waals surface area contributed by atoms with Crippen molar-refractivity contribution in [2.75, 3.05) is 31.7 Å². The number of halogens is 3. The second-order valence-electron chi connectivity index (χ2n) is 4.10. The number of alkyl halides is 3. The molecule has 0 aliphatic heterocycles. The maximum atomic E-state index is 12.7. The lowest BCUT2D eigenvalue weighted by Gasteiger charge is -2.18. The van der Waals surface area contributed by atoms with E-state index in [9.17, 15) is 13.2 Å². The van der Waals surface area contributed by atoms with Crippen LogP contribution in [-0.2, 0) is 6.18 Å². The van der Waals surface area contributed by atoms with Crippen LogP contribution in [0.25, 0.3) is 0 Å². The highest BCUT2D eigenvalue weighted by atomic mass is 19.4. The zero-order valence-electron chi connectivity index (χ0n) is 11.5. The average molecular weight is 292 g/mol. The van der Waals surface area contributed by atoms with Crippen LogP contribution in [0.15, 0.2) is 12.1 Å². The standard InChI is InChI=1S/C12H19F3N4O/c1-3-19(4-2)5-6-20-11-8-9(12(13,14)15)7-10(17-11)18-16/h7-8H,3-6,16H2,1-2H3,(H,17,18). The van der Waals surface area contributed by atoms with E-state index in [-0.39, 0.29) is 18.3 Å². The topological polar surface area (TPSA) is 63.4 Å². The molecule has 20 heavy (non-hydrogen) atoms. The van der Waals surface area contributed by atoms with E-state index in [1.165, 1.54) is 0 Å². The third-order valence-corrected chi connectivity index (χ3v) is 2.83. The van der Waals surface area contributed by atoms with Crippen molar-refractivity contribution in [1.29, 1.82) is 0 Å². The van der Waals surface area contributed by atoms with Gasteiger partial charge < -0.3 is 15.1 Å². The molecule has 1 aromatic heterocycles. The molecule has 0 aliphatic rings. The quantitative estimate of drug-likeness (QED) is 0.595. The smallest absolute Gasteiger partial charge is 0.416 e. The first kappa shape index (κ1) is 16.5. The number of hydrogen-bond acceptors (Lipinski definition) is 5. The lowest BCUT2D eigenvalue weighted by Crippen LogP contribution is -2.28. The number of nitrogens with two attached hydrogens (primary N) is 1. The molecule has 0 unspecified atom stereocenters. The van der Waals surface area contributed by atoms with Gasteiger partial charge in [0.2, 0.25) is 5.88 Å². The lowest BCUT2D eigenvalue weighted by atomic mass is 10.2. The van der Waals surface area contributed by atoms with Crippen molar-refractivity contribution in [2.45, 2.75) is 20.0 Å². The molecule has 0 saturated carbocycles. The van der Waals surface area contributed by atoms with Crippen LogP contribution in [0.4, 0.5) is 19.0 Å². The fourth-order valence-corrected chi connectivity index (χ4v) is 1.64. The highest BCUT2D eigenvalue weighted by Gasteiger charge is 2.31. The molecule has 0 atom stereocenters. The molecular formula is C12H19F3N4O. The van der Waals surface area contributed by atoms with Gasteiger partial charge in [-0.1, -0.05) is 13.8 Å². The molecule has 0 fully saturated rings. The van der Waals surface area contributed by atoms with E-state index >= 15 is 0 Å². The predicted octanol–water partition coefficient (Wildman–Crippen LogP) is 2.11. The molecule has 0 amide bonds. The van der Waals surface area contributed by atoms with Crippen LogP contribution in [-0.4, -0.2) is 36.1 Å². The third-order valence-electron chi connectivity index (χ3n) is 2.83. The Morgan fingerprint density at radius 1 is 1.30 bits per heavy atom. The van der Waals surface area contributed by atoms with Gasteiger partial charge in [0.15, 0.2) is 0 Å². The Balaban J connectivity index is 2.74. The average Bonchev–Trinajstić information content (AvgIpc) is 2.42. The molecule has 0 saturated heterocycles. The van der Waals surface area contributed by atoms with Gasteiger partial charge in [0.25, 0.3) is 0 Å². The molecule has 0 spiro atoms. The Morgan fingerprint density at radius 2 is 1.95 bits per heavy atom. The third kappa shape index (κ3) is 4.86. The Kier molecular flexibility index (Phi) is 6.03. The van der Waals surface area contributed by atoms with Crippen molar-refractivity contribution >= 4 is 5.82 Å². The van der Waals surface area contributed by atoms with Gasteiger partial charge in [0.05, 0.1) is 5.56 Å². The summed E-state index contributed by atoms with van der Waals surface area (Å²) in [5.41, 5.74) is 1.25. The molecule has 1 rings (SSSR count). The fraction of sp³-hybridized carbons (Fsp3) is 0.583. The van der Waals surface area contributed by atoms with E-state index in [0.29, 0.717) is 6.54 Å². The Hall–Kier alpha value is -1.54. The van der Waals surface area contributed by atoms with Crippen molar-refractivity contribution in [1.82, 2.24) is 9.88 Å². The number of ether oxygens (including phenoxy) is 1. The molecule has 0 bridgehead atoms. The normalized spacial score (nSPS) is 11.8. The zero-order valence-corrected chi connectivity index (χ0v) is 11.5. The Labute approximate surface area is 115 Å². The minimum absolute atomic E-state index is 0.0855. The highest BCUT2D eigenvalue weighted by Crippen LogP contribution is 2.32. The number of hydrogen-bond donors (Lipinski definition) is 2. The van der Waals surface area contributed by atoms with E-state index < -0.39 is 11.7 Å². The Bertz CT molecular complexity index is 422. The first-order chi connectivity index (χ1) is 9.40. The molecule has 1 heterocycles. The van der Waals surface area contributed by atoms with Gasteiger partial charge >= 0.3 is 6.18 Å². The van der Waals surface area contributed by atoms with Gasteiger partial charge in [0, 0.05) is 12.6 Å². The van der Waals surface area contributed by atoms with Crippen LogP contribution in [0.1, 0.15) is 19.4 Å². The number of rotatable bonds is 7. The maximum Gasteiger partial charge on any atom is 0.416 e. The first-order valence-electron chi connectivity index (χ1n) is 6.31. The number of likely N-dealkylation sites (N-methyl/N-ethyl adjacent to an activating group) is 1. The zero-order chi connectivity index (χ0) is 15.2. The first-order valence-corrected chi connectivity index (χ1v) is 6.31. The summed E-state index contributed by atoms with van der Waals surface area (Å²) in [4.78, 5) is 5.93. The molecule has 8 heteroatoms. The lowest BCUT2D eigenvalue weighted by molar-refractivity contribution is -0.137. The number of nitrogen functional groups attached to an aromatic ring is 1. The second-order valence-corrected chi connectivity index (χ2v) is 4.10. The van der Waals surface area contributed by atoms with Gasteiger partial charge in [-0.2, -0.15) is 18.2 Å². The molecule has 1 aromatic rings. The summed E-state index contributed by atoms with van der Waals surface area (Å²) >= 11 is 0. The predicted molar refractivity (Wildman–Crippen MR) is 70.3 cm³/mol. The maximum absolute atomic E-state index is 12.7. The van der Waals surface area contributed by atoms with E-state index in [2.05, 4.69) is 15.3 Å². The summed E-state index contributed by atoms with van der Waals surface area (Å²) < 4.78 is 43.3. The summed E-state index contributed by atoms with van der Waals surface area (Å²) in [7, 11) is 0. The molecule has 114 valence electrons. The van der Waals surface area contributed by atoms with Crippen molar-refractivity contribution < 1.29 is 17.9 Å². The van der Waals surface area contributed by atoms with E-state index in [4.69, 9.17) is 10.6 Å². The summed E-state index contributed by atoms with van der Waals surface area (Å²) in [5.74, 6) is 4.92. The molecule has 3 N–H and O–H groups in total. The number of nitrogens with zero attached hydrogens (tertiary/aromatic N) is 2. The fourth-order valence-electron chi connectivity index (χ4n) is 1.64. The van der Waals surface area contributed by atoms with Crippen LogP contribution in [0.5, 0.6) is 5.88 Å². The summed E-state index contributed by atoms with van der Waals surface area (Å²) in [6.45, 7) is 6.60. The number of aromatic nitrogens is 1. The van der Waals surface area contributed by atoms with Crippen molar-refractivity contribution in [3.8, 4) is 5.88 Å². The van der Waals surface area contributed by atoms with Crippen molar-refractivity contribution in [3.63, 3.8) is 0 Å². The van der Waals surface area contributed by atoms with Gasteiger partial charge in [-0.3, -0.25) is 0 Å². The van der Waals surface area contributed by atoms with E-state index in [1.807, 2.05) is 13.8 Å². The number of hydrazine groups is 1. The summed E-state index contributed by atoms with van der Waals surface area (Å²) in [5, 5.41) is 0. The molecule has 0 aromatic carbocycles. The molecule has 0 radical (unpaired) electrons. The molecular weight excluding hydrogens is 273 g/mol. The highest BCUT2D eigenvalue weighted by molar-refractivity contribution is 5.41.